The van der Waals surface area contributed by atoms with Crippen LogP contribution < -0.4 is 0 Å². The summed E-state index contributed by atoms with van der Waals surface area (Å²) >= 11 is 0. The first-order valence-corrected chi connectivity index (χ1v) is 9.93. The van der Waals surface area contributed by atoms with Crippen molar-refractivity contribution >= 4 is 0 Å². The van der Waals surface area contributed by atoms with Crippen molar-refractivity contribution in [1.29, 1.82) is 0 Å². The van der Waals surface area contributed by atoms with E-state index in [2.05, 4.69) is 10.1 Å². The number of aromatic nitrogens is 3. The van der Waals surface area contributed by atoms with Gasteiger partial charge in [-0.3, -0.25) is 0 Å². The summed E-state index contributed by atoms with van der Waals surface area (Å²) in [6.07, 6.45) is -2.18. The third-order valence-corrected chi connectivity index (χ3v) is 4.39. The molecule has 0 N–H and O–H groups in total. The van der Waals surface area contributed by atoms with E-state index in [0.29, 0.717) is 17.0 Å². The molecular weight excluding hydrogens is 394 g/mol. The van der Waals surface area contributed by atoms with E-state index in [4.69, 9.17) is 0 Å². The molecular formula is C23H29F4N3. The molecule has 3 rings (SSSR count). The number of alkyl halides is 3. The Kier molecular flexibility index (Phi) is 9.69. The average Bonchev–Trinajstić information content (AvgIpc) is 3.21. The van der Waals surface area contributed by atoms with Crippen LogP contribution in [-0.4, -0.2) is 20.9 Å². The van der Waals surface area contributed by atoms with E-state index in [1.807, 2.05) is 51.1 Å². The number of benzene rings is 2. The first kappa shape index (κ1) is 25.3. The number of aryl methyl sites for hydroxylation is 2. The number of nitrogens with zero attached hydrogens (tertiary/aromatic N) is 3. The molecule has 1 heterocycles. The maximum absolute atomic E-state index is 13.6. The summed E-state index contributed by atoms with van der Waals surface area (Å²) in [6.45, 7) is 10.5. The Morgan fingerprint density at radius 3 is 2.07 bits per heavy atom. The van der Waals surface area contributed by atoms with Crippen molar-refractivity contribution in [2.24, 2.45) is 5.92 Å². The Hall–Kier alpha value is -2.70. The van der Waals surface area contributed by atoms with Crippen LogP contribution in [0.4, 0.5) is 17.6 Å². The largest absolute Gasteiger partial charge is 0.391 e. The lowest BCUT2D eigenvalue weighted by molar-refractivity contribution is -0.170. The van der Waals surface area contributed by atoms with Gasteiger partial charge in [-0.15, -0.1) is 5.10 Å². The van der Waals surface area contributed by atoms with Gasteiger partial charge in [0.25, 0.3) is 0 Å². The molecule has 3 aromatic rings. The average molecular weight is 423 g/mol. The zero-order valence-corrected chi connectivity index (χ0v) is 18.3. The van der Waals surface area contributed by atoms with Crippen molar-refractivity contribution in [1.82, 2.24) is 14.8 Å². The van der Waals surface area contributed by atoms with Crippen LogP contribution in [0.25, 0.3) is 17.1 Å². The molecule has 0 aliphatic carbocycles. The Morgan fingerprint density at radius 2 is 1.60 bits per heavy atom. The predicted molar refractivity (Wildman–Crippen MR) is 113 cm³/mol. The second kappa shape index (κ2) is 11.5. The van der Waals surface area contributed by atoms with Crippen molar-refractivity contribution < 1.29 is 17.6 Å². The molecule has 3 nitrogen and oxygen atoms in total. The highest BCUT2D eigenvalue weighted by atomic mass is 19.4. The zero-order valence-electron chi connectivity index (χ0n) is 18.3. The summed E-state index contributed by atoms with van der Waals surface area (Å²) in [6, 6.07) is 13.0. The monoisotopic (exact) mass is 423 g/mol. The summed E-state index contributed by atoms with van der Waals surface area (Å²) in [7, 11) is 0. The molecule has 30 heavy (non-hydrogen) atoms. The Morgan fingerprint density at radius 1 is 1.00 bits per heavy atom. The normalized spacial score (nSPS) is 11.7. The molecule has 0 bridgehead atoms. The second-order valence-corrected chi connectivity index (χ2v) is 6.66. The van der Waals surface area contributed by atoms with Crippen LogP contribution in [0.15, 0.2) is 48.8 Å². The zero-order chi connectivity index (χ0) is 22.9. The van der Waals surface area contributed by atoms with E-state index >= 15 is 0 Å². The van der Waals surface area contributed by atoms with Gasteiger partial charge in [-0.1, -0.05) is 57.5 Å². The molecule has 0 aliphatic rings. The molecule has 0 spiro atoms. The van der Waals surface area contributed by atoms with E-state index in [0.717, 1.165) is 5.69 Å². The number of hydrogen-bond acceptors (Lipinski definition) is 2. The molecule has 0 fully saturated rings. The molecule has 1 atom stereocenters. The Balaban J connectivity index is 0.000000383. The molecule has 0 saturated heterocycles. The Bertz CT molecular complexity index is 900. The van der Waals surface area contributed by atoms with Gasteiger partial charge in [0.15, 0.2) is 5.82 Å². The molecule has 0 amide bonds. The fourth-order valence-electron chi connectivity index (χ4n) is 2.18. The van der Waals surface area contributed by atoms with Gasteiger partial charge in [0.1, 0.15) is 12.1 Å². The van der Waals surface area contributed by atoms with Crippen molar-refractivity contribution in [2.45, 2.75) is 54.1 Å². The minimum absolute atomic E-state index is 0.170. The highest BCUT2D eigenvalue weighted by Gasteiger charge is 2.33. The molecule has 2 aromatic carbocycles. The van der Waals surface area contributed by atoms with Crippen LogP contribution in [0.5, 0.6) is 0 Å². The van der Waals surface area contributed by atoms with Crippen LogP contribution in [0, 0.1) is 25.6 Å². The molecule has 7 heteroatoms. The standard InChI is InChI=1S/C16H14FN3.C5H9F3.C2H6/c1-11-3-7-14(8-4-11)20-10-18-16(19-20)13-6-5-12(2)15(17)9-13;1-3-4(2)5(6,7)8;1-2/h3-10H,1-2H3;4H,3H2,1-2H3;1-2H3. The molecule has 0 saturated carbocycles. The van der Waals surface area contributed by atoms with Gasteiger partial charge in [-0.25, -0.2) is 14.1 Å². The third-order valence-electron chi connectivity index (χ3n) is 4.39. The van der Waals surface area contributed by atoms with E-state index in [1.54, 1.807) is 24.0 Å². The van der Waals surface area contributed by atoms with Gasteiger partial charge < -0.3 is 0 Å². The summed E-state index contributed by atoms with van der Waals surface area (Å²) in [5.41, 5.74) is 3.42. The lowest BCUT2D eigenvalue weighted by Gasteiger charge is -2.11. The van der Waals surface area contributed by atoms with Crippen LogP contribution in [0.3, 0.4) is 0 Å². The van der Waals surface area contributed by atoms with Crippen molar-refractivity contribution in [3.63, 3.8) is 0 Å². The number of rotatable bonds is 3. The molecule has 1 unspecified atom stereocenters. The summed E-state index contributed by atoms with van der Waals surface area (Å²) < 4.78 is 49.6. The van der Waals surface area contributed by atoms with Crippen LogP contribution in [0.1, 0.15) is 45.2 Å². The van der Waals surface area contributed by atoms with E-state index in [-0.39, 0.29) is 12.2 Å². The van der Waals surface area contributed by atoms with Crippen LogP contribution in [0.2, 0.25) is 0 Å². The van der Waals surface area contributed by atoms with Gasteiger partial charge in [-0.05, 0) is 44.0 Å². The smallest absolute Gasteiger partial charge is 0.220 e. The maximum Gasteiger partial charge on any atom is 0.391 e. The fourth-order valence-corrected chi connectivity index (χ4v) is 2.18. The van der Waals surface area contributed by atoms with Crippen molar-refractivity contribution in [3.05, 3.63) is 65.7 Å². The van der Waals surface area contributed by atoms with Crippen molar-refractivity contribution in [3.8, 4) is 17.1 Å². The highest BCUT2D eigenvalue weighted by molar-refractivity contribution is 5.55. The Labute approximate surface area is 175 Å². The van der Waals surface area contributed by atoms with Gasteiger partial charge in [0.2, 0.25) is 0 Å². The lowest BCUT2D eigenvalue weighted by Crippen LogP contribution is -2.18. The SMILES string of the molecule is CC.CCC(C)C(F)(F)F.Cc1ccc(-n2cnc(-c3ccc(C)c(F)c3)n2)cc1. The topological polar surface area (TPSA) is 30.7 Å². The molecule has 0 aliphatic heterocycles. The van der Waals surface area contributed by atoms with Crippen molar-refractivity contribution in [2.75, 3.05) is 0 Å². The quantitative estimate of drug-likeness (QED) is 0.414. The van der Waals surface area contributed by atoms with E-state index in [9.17, 15) is 17.6 Å². The van der Waals surface area contributed by atoms with Crippen LogP contribution >= 0.6 is 0 Å². The van der Waals surface area contributed by atoms with Crippen LogP contribution in [-0.2, 0) is 0 Å². The number of halogens is 4. The predicted octanol–water partition coefficient (Wildman–Crippen LogP) is 7.31. The molecule has 1 aromatic heterocycles. The first-order valence-electron chi connectivity index (χ1n) is 9.93. The summed E-state index contributed by atoms with van der Waals surface area (Å²) in [5, 5.41) is 4.39. The van der Waals surface area contributed by atoms with Gasteiger partial charge in [0.05, 0.1) is 11.6 Å². The molecule has 0 radical (unpaired) electrons. The molecule has 164 valence electrons. The minimum Gasteiger partial charge on any atom is -0.220 e. The third kappa shape index (κ3) is 7.28. The fraction of sp³-hybridized carbons (Fsp3) is 0.391. The summed E-state index contributed by atoms with van der Waals surface area (Å²) in [5.74, 6) is -0.874. The van der Waals surface area contributed by atoms with E-state index < -0.39 is 12.1 Å². The van der Waals surface area contributed by atoms with Gasteiger partial charge >= 0.3 is 6.18 Å². The minimum atomic E-state index is -3.99. The van der Waals surface area contributed by atoms with Gasteiger partial charge in [-0.2, -0.15) is 13.2 Å². The number of hydrogen-bond donors (Lipinski definition) is 0. The van der Waals surface area contributed by atoms with Gasteiger partial charge in [0, 0.05) is 5.56 Å². The first-order chi connectivity index (χ1) is 14.1. The van der Waals surface area contributed by atoms with E-state index in [1.165, 1.54) is 25.5 Å². The second-order valence-electron chi connectivity index (χ2n) is 6.66. The highest BCUT2D eigenvalue weighted by Crippen LogP contribution is 2.27. The summed E-state index contributed by atoms with van der Waals surface area (Å²) in [4.78, 5) is 4.24. The lowest BCUT2D eigenvalue weighted by atomic mass is 10.1. The maximum atomic E-state index is 13.6.